The van der Waals surface area contributed by atoms with E-state index in [0.29, 0.717) is 6.61 Å². The molecule has 2 N–H and O–H groups in total. The lowest BCUT2D eigenvalue weighted by Crippen LogP contribution is -2.19. The van der Waals surface area contributed by atoms with Crippen LogP contribution in [-0.2, 0) is 17.7 Å². The minimum atomic E-state index is 0.227. The molecule has 3 heteroatoms. The fourth-order valence-corrected chi connectivity index (χ4v) is 2.71. The van der Waals surface area contributed by atoms with E-state index in [0.717, 1.165) is 31.6 Å². The summed E-state index contributed by atoms with van der Waals surface area (Å²) in [7, 11) is 0. The van der Waals surface area contributed by atoms with Crippen LogP contribution in [0.3, 0.4) is 0 Å². The summed E-state index contributed by atoms with van der Waals surface area (Å²) >= 11 is 0. The third-order valence-corrected chi connectivity index (χ3v) is 3.59. The summed E-state index contributed by atoms with van der Waals surface area (Å²) in [6, 6.07) is 2.47. The Kier molecular flexibility index (Phi) is 4.25. The SMILES string of the molecule is C=C(C)COCCn1c(C)cc2c1CCCC2N. The molecule has 1 atom stereocenters. The van der Waals surface area contributed by atoms with Crippen molar-refractivity contribution in [3.05, 3.63) is 35.2 Å². The van der Waals surface area contributed by atoms with Crippen molar-refractivity contribution >= 4 is 0 Å². The van der Waals surface area contributed by atoms with Gasteiger partial charge in [-0.15, -0.1) is 0 Å². The Balaban J connectivity index is 2.02. The van der Waals surface area contributed by atoms with Gasteiger partial charge in [0.05, 0.1) is 13.2 Å². The number of aryl methyl sites for hydroxylation is 1. The van der Waals surface area contributed by atoms with Gasteiger partial charge in [0.15, 0.2) is 0 Å². The van der Waals surface area contributed by atoms with Crippen molar-refractivity contribution in [1.82, 2.24) is 4.57 Å². The molecule has 0 saturated heterocycles. The fraction of sp³-hybridized carbons (Fsp3) is 0.600. The first-order chi connectivity index (χ1) is 8.59. The van der Waals surface area contributed by atoms with Crippen LogP contribution >= 0.6 is 0 Å². The topological polar surface area (TPSA) is 40.2 Å². The number of rotatable bonds is 5. The lowest BCUT2D eigenvalue weighted by molar-refractivity contribution is 0.146. The Bertz CT molecular complexity index is 434. The third-order valence-electron chi connectivity index (χ3n) is 3.59. The number of hydrogen-bond acceptors (Lipinski definition) is 2. The minimum absolute atomic E-state index is 0.227. The molecule has 1 heterocycles. The van der Waals surface area contributed by atoms with E-state index in [9.17, 15) is 0 Å². The molecule has 0 saturated carbocycles. The predicted molar refractivity (Wildman–Crippen MR) is 74.7 cm³/mol. The second-order valence-corrected chi connectivity index (χ2v) is 5.35. The Labute approximate surface area is 110 Å². The molecule has 0 bridgehead atoms. The molecular formula is C15H24N2O. The standard InChI is InChI=1S/C15H24N2O/c1-11(2)10-18-8-7-17-12(3)9-13-14(16)5-4-6-15(13)17/h9,14H,1,4-8,10,16H2,2-3H3. The van der Waals surface area contributed by atoms with Gasteiger partial charge in [-0.25, -0.2) is 0 Å². The summed E-state index contributed by atoms with van der Waals surface area (Å²) in [5.74, 6) is 0. The molecule has 0 amide bonds. The first-order valence-corrected chi connectivity index (χ1v) is 6.76. The van der Waals surface area contributed by atoms with E-state index >= 15 is 0 Å². The second-order valence-electron chi connectivity index (χ2n) is 5.35. The van der Waals surface area contributed by atoms with E-state index in [2.05, 4.69) is 24.1 Å². The quantitative estimate of drug-likeness (QED) is 0.643. The van der Waals surface area contributed by atoms with E-state index in [1.54, 1.807) is 0 Å². The van der Waals surface area contributed by atoms with Gasteiger partial charge < -0.3 is 15.0 Å². The molecule has 100 valence electrons. The number of ether oxygens (including phenoxy) is 1. The molecule has 1 aromatic rings. The molecule has 3 nitrogen and oxygen atoms in total. The highest BCUT2D eigenvalue weighted by Gasteiger charge is 2.21. The maximum Gasteiger partial charge on any atom is 0.0672 e. The van der Waals surface area contributed by atoms with Crippen molar-refractivity contribution in [3.63, 3.8) is 0 Å². The summed E-state index contributed by atoms with van der Waals surface area (Å²) in [5, 5.41) is 0. The number of aromatic nitrogens is 1. The predicted octanol–water partition coefficient (Wildman–Crippen LogP) is 2.73. The highest BCUT2D eigenvalue weighted by Crippen LogP contribution is 2.30. The summed E-state index contributed by atoms with van der Waals surface area (Å²) in [6.45, 7) is 10.3. The number of hydrogen-bond donors (Lipinski definition) is 1. The van der Waals surface area contributed by atoms with Gasteiger partial charge in [0, 0.05) is 24.0 Å². The van der Waals surface area contributed by atoms with Gasteiger partial charge in [0.25, 0.3) is 0 Å². The largest absolute Gasteiger partial charge is 0.375 e. The monoisotopic (exact) mass is 248 g/mol. The van der Waals surface area contributed by atoms with E-state index < -0.39 is 0 Å². The van der Waals surface area contributed by atoms with Crippen molar-refractivity contribution in [2.24, 2.45) is 5.73 Å². The van der Waals surface area contributed by atoms with E-state index in [1.165, 1.54) is 23.4 Å². The maximum absolute atomic E-state index is 6.17. The smallest absolute Gasteiger partial charge is 0.0672 e. The first-order valence-electron chi connectivity index (χ1n) is 6.76. The summed E-state index contributed by atoms with van der Waals surface area (Å²) in [5.41, 5.74) is 11.3. The molecule has 1 aromatic heterocycles. The maximum atomic E-state index is 6.17. The van der Waals surface area contributed by atoms with Gasteiger partial charge in [-0.05, 0) is 44.7 Å². The zero-order valence-corrected chi connectivity index (χ0v) is 11.5. The lowest BCUT2D eigenvalue weighted by Gasteiger charge is -2.21. The van der Waals surface area contributed by atoms with Gasteiger partial charge in [-0.2, -0.15) is 0 Å². The third kappa shape index (κ3) is 2.85. The van der Waals surface area contributed by atoms with Crippen LogP contribution in [0.25, 0.3) is 0 Å². The molecule has 0 fully saturated rings. The first kappa shape index (κ1) is 13.4. The molecule has 0 aliphatic heterocycles. The van der Waals surface area contributed by atoms with Crippen molar-refractivity contribution in [1.29, 1.82) is 0 Å². The van der Waals surface area contributed by atoms with Crippen molar-refractivity contribution < 1.29 is 4.74 Å². The van der Waals surface area contributed by atoms with Crippen LogP contribution in [-0.4, -0.2) is 17.8 Å². The van der Waals surface area contributed by atoms with E-state index in [-0.39, 0.29) is 6.04 Å². The van der Waals surface area contributed by atoms with Crippen molar-refractivity contribution in [2.75, 3.05) is 13.2 Å². The van der Waals surface area contributed by atoms with Gasteiger partial charge in [0.1, 0.15) is 0 Å². The zero-order chi connectivity index (χ0) is 13.1. The van der Waals surface area contributed by atoms with Gasteiger partial charge >= 0.3 is 0 Å². The number of fused-ring (bicyclic) bond motifs is 1. The normalized spacial score (nSPS) is 18.7. The Morgan fingerprint density at radius 3 is 3.11 bits per heavy atom. The van der Waals surface area contributed by atoms with Crippen LogP contribution in [0.4, 0.5) is 0 Å². The van der Waals surface area contributed by atoms with Gasteiger partial charge in [-0.1, -0.05) is 12.2 Å². The average molecular weight is 248 g/mol. The molecule has 1 unspecified atom stereocenters. The Morgan fingerprint density at radius 1 is 1.61 bits per heavy atom. The molecule has 0 spiro atoms. The minimum Gasteiger partial charge on any atom is -0.375 e. The summed E-state index contributed by atoms with van der Waals surface area (Å²) in [6.07, 6.45) is 3.46. The van der Waals surface area contributed by atoms with Crippen LogP contribution in [0.15, 0.2) is 18.2 Å². The van der Waals surface area contributed by atoms with Crippen molar-refractivity contribution in [3.8, 4) is 0 Å². The van der Waals surface area contributed by atoms with E-state index in [1.807, 2.05) is 6.92 Å². The van der Waals surface area contributed by atoms with Crippen LogP contribution in [0.5, 0.6) is 0 Å². The lowest BCUT2D eigenvalue weighted by atomic mass is 9.93. The summed E-state index contributed by atoms with van der Waals surface area (Å²) in [4.78, 5) is 0. The molecule has 1 aliphatic carbocycles. The van der Waals surface area contributed by atoms with Crippen LogP contribution in [0.1, 0.15) is 42.8 Å². The molecule has 0 aromatic carbocycles. The van der Waals surface area contributed by atoms with Crippen LogP contribution < -0.4 is 5.73 Å². The average Bonchev–Trinajstić information content (AvgIpc) is 2.63. The van der Waals surface area contributed by atoms with E-state index in [4.69, 9.17) is 10.5 Å². The number of nitrogens with zero attached hydrogens (tertiary/aromatic N) is 1. The van der Waals surface area contributed by atoms with Crippen LogP contribution in [0.2, 0.25) is 0 Å². The van der Waals surface area contributed by atoms with Gasteiger partial charge in [-0.3, -0.25) is 0 Å². The number of nitrogens with two attached hydrogens (primary N) is 1. The fourth-order valence-electron chi connectivity index (χ4n) is 2.71. The summed E-state index contributed by atoms with van der Waals surface area (Å²) < 4.78 is 7.96. The Morgan fingerprint density at radius 2 is 2.39 bits per heavy atom. The molecule has 0 radical (unpaired) electrons. The molecule has 2 rings (SSSR count). The highest BCUT2D eigenvalue weighted by atomic mass is 16.5. The van der Waals surface area contributed by atoms with Crippen molar-refractivity contribution in [2.45, 2.75) is 45.7 Å². The second kappa shape index (κ2) is 5.72. The molecule has 1 aliphatic rings. The van der Waals surface area contributed by atoms with Gasteiger partial charge in [0.2, 0.25) is 0 Å². The zero-order valence-electron chi connectivity index (χ0n) is 11.5. The highest BCUT2D eigenvalue weighted by molar-refractivity contribution is 5.32. The molecular weight excluding hydrogens is 224 g/mol. The Hall–Kier alpha value is -1.06. The van der Waals surface area contributed by atoms with Crippen LogP contribution in [0, 0.1) is 6.92 Å². The molecule has 18 heavy (non-hydrogen) atoms.